The standard InChI is InChI=1S/C20H21N3O3S/c1-13-2-6-18(7-3-13)27(25,26)21-12-14-8-15-4-5-16(10-17(15)9-14)19-11-20(24)23-22-19/h2-7,10,14,21H,8-9,11-12H2,1H3,(H,23,24). The SMILES string of the molecule is Cc1ccc(S(=O)(=O)NCC2Cc3ccc(C4=NNC(=O)C4)cc3C2)cc1. The zero-order chi connectivity index (χ0) is 19.0. The molecule has 7 heteroatoms. The fourth-order valence-corrected chi connectivity index (χ4v) is 4.71. The molecule has 1 aliphatic heterocycles. The predicted molar refractivity (Wildman–Crippen MR) is 103 cm³/mol. The van der Waals surface area contributed by atoms with Crippen molar-refractivity contribution in [2.75, 3.05) is 6.54 Å². The maximum atomic E-state index is 12.5. The number of benzene rings is 2. The molecule has 2 aromatic carbocycles. The Balaban J connectivity index is 1.41. The van der Waals surface area contributed by atoms with Crippen LogP contribution in [0.5, 0.6) is 0 Å². The lowest BCUT2D eigenvalue weighted by Gasteiger charge is -2.11. The van der Waals surface area contributed by atoms with Crippen molar-refractivity contribution < 1.29 is 13.2 Å². The fraction of sp³-hybridized carbons (Fsp3) is 0.300. The van der Waals surface area contributed by atoms with Crippen molar-refractivity contribution >= 4 is 21.6 Å². The Morgan fingerprint density at radius 2 is 1.85 bits per heavy atom. The van der Waals surface area contributed by atoms with E-state index in [1.165, 1.54) is 11.1 Å². The first-order valence-corrected chi connectivity index (χ1v) is 10.4. The number of rotatable bonds is 5. The zero-order valence-electron chi connectivity index (χ0n) is 15.0. The van der Waals surface area contributed by atoms with Crippen LogP contribution in [0, 0.1) is 12.8 Å². The molecule has 2 aliphatic rings. The van der Waals surface area contributed by atoms with Gasteiger partial charge in [-0.2, -0.15) is 5.10 Å². The van der Waals surface area contributed by atoms with Gasteiger partial charge in [0.05, 0.1) is 17.0 Å². The molecular weight excluding hydrogens is 362 g/mol. The Hall–Kier alpha value is -2.51. The summed E-state index contributed by atoms with van der Waals surface area (Å²) in [4.78, 5) is 11.6. The predicted octanol–water partition coefficient (Wildman–Crippen LogP) is 1.91. The van der Waals surface area contributed by atoms with Crippen LogP contribution in [0.1, 0.15) is 28.7 Å². The van der Waals surface area contributed by atoms with E-state index in [2.05, 4.69) is 27.4 Å². The third-order valence-electron chi connectivity index (χ3n) is 5.09. The third-order valence-corrected chi connectivity index (χ3v) is 6.53. The van der Waals surface area contributed by atoms with Crippen molar-refractivity contribution in [3.8, 4) is 0 Å². The molecule has 0 radical (unpaired) electrons. The summed E-state index contributed by atoms with van der Waals surface area (Å²) in [5.41, 5.74) is 7.64. The van der Waals surface area contributed by atoms with Crippen molar-refractivity contribution in [2.24, 2.45) is 11.0 Å². The molecule has 0 aromatic heterocycles. The number of aryl methyl sites for hydroxylation is 1. The maximum Gasteiger partial charge on any atom is 0.246 e. The minimum absolute atomic E-state index is 0.0890. The number of hydrogen-bond donors (Lipinski definition) is 2. The molecule has 1 atom stereocenters. The second kappa shape index (κ2) is 6.90. The molecule has 2 N–H and O–H groups in total. The second-order valence-electron chi connectivity index (χ2n) is 7.19. The van der Waals surface area contributed by atoms with E-state index in [0.717, 1.165) is 29.7 Å². The van der Waals surface area contributed by atoms with Crippen LogP contribution in [0.2, 0.25) is 0 Å². The van der Waals surface area contributed by atoms with Crippen LogP contribution in [0.3, 0.4) is 0 Å². The minimum Gasteiger partial charge on any atom is -0.273 e. The molecule has 27 heavy (non-hydrogen) atoms. The molecule has 2 aromatic rings. The van der Waals surface area contributed by atoms with E-state index in [0.29, 0.717) is 17.9 Å². The number of amides is 1. The topological polar surface area (TPSA) is 87.6 Å². The lowest BCUT2D eigenvalue weighted by Crippen LogP contribution is -2.29. The number of hydrazone groups is 1. The number of sulfonamides is 1. The quantitative estimate of drug-likeness (QED) is 0.827. The number of carbonyl (C=O) groups excluding carboxylic acids is 1. The summed E-state index contributed by atoms with van der Waals surface area (Å²) in [6.45, 7) is 2.33. The van der Waals surface area contributed by atoms with Crippen LogP contribution < -0.4 is 10.1 Å². The number of carbonyl (C=O) groups is 1. The fourth-order valence-electron chi connectivity index (χ4n) is 3.59. The monoisotopic (exact) mass is 383 g/mol. The van der Waals surface area contributed by atoms with Gasteiger partial charge in [-0.1, -0.05) is 29.8 Å². The molecule has 0 fully saturated rings. The van der Waals surface area contributed by atoms with Crippen molar-refractivity contribution in [3.05, 3.63) is 64.7 Å². The van der Waals surface area contributed by atoms with E-state index in [9.17, 15) is 13.2 Å². The molecule has 0 bridgehead atoms. The first-order chi connectivity index (χ1) is 12.9. The van der Waals surface area contributed by atoms with Crippen molar-refractivity contribution in [1.29, 1.82) is 0 Å². The summed E-state index contributed by atoms with van der Waals surface area (Å²) in [5.74, 6) is 0.134. The lowest BCUT2D eigenvalue weighted by atomic mass is 10.0. The first-order valence-electron chi connectivity index (χ1n) is 8.94. The molecule has 1 aliphatic carbocycles. The van der Waals surface area contributed by atoms with E-state index < -0.39 is 10.0 Å². The largest absolute Gasteiger partial charge is 0.273 e. The van der Waals surface area contributed by atoms with E-state index in [1.807, 2.05) is 13.0 Å². The van der Waals surface area contributed by atoms with Gasteiger partial charge >= 0.3 is 0 Å². The molecular formula is C20H21N3O3S. The molecule has 140 valence electrons. The smallest absolute Gasteiger partial charge is 0.246 e. The first kappa shape index (κ1) is 17.9. The van der Waals surface area contributed by atoms with Gasteiger partial charge in [-0.3, -0.25) is 4.79 Å². The average molecular weight is 383 g/mol. The van der Waals surface area contributed by atoms with Crippen LogP contribution in [0.4, 0.5) is 0 Å². The maximum absolute atomic E-state index is 12.5. The number of nitrogens with one attached hydrogen (secondary N) is 2. The van der Waals surface area contributed by atoms with Crippen LogP contribution >= 0.6 is 0 Å². The van der Waals surface area contributed by atoms with Crippen molar-refractivity contribution in [1.82, 2.24) is 10.1 Å². The van der Waals surface area contributed by atoms with E-state index >= 15 is 0 Å². The summed E-state index contributed by atoms with van der Waals surface area (Å²) in [7, 11) is -3.49. The van der Waals surface area contributed by atoms with Gasteiger partial charge in [0.15, 0.2) is 0 Å². The minimum atomic E-state index is -3.49. The molecule has 6 nitrogen and oxygen atoms in total. The van der Waals surface area contributed by atoms with Crippen molar-refractivity contribution in [3.63, 3.8) is 0 Å². The van der Waals surface area contributed by atoms with E-state index in [-0.39, 0.29) is 11.8 Å². The third kappa shape index (κ3) is 3.79. The zero-order valence-corrected chi connectivity index (χ0v) is 15.8. The van der Waals surface area contributed by atoms with Gasteiger partial charge in [0.1, 0.15) is 0 Å². The Kier molecular flexibility index (Phi) is 4.57. The number of nitrogens with zero attached hydrogens (tertiary/aromatic N) is 1. The molecule has 1 amide bonds. The van der Waals surface area contributed by atoms with Gasteiger partial charge in [-0.15, -0.1) is 0 Å². The Morgan fingerprint density at radius 1 is 1.11 bits per heavy atom. The highest BCUT2D eigenvalue weighted by atomic mass is 32.2. The molecule has 1 heterocycles. The van der Waals surface area contributed by atoms with Crippen LogP contribution in [0.25, 0.3) is 0 Å². The average Bonchev–Trinajstić information content (AvgIpc) is 3.25. The van der Waals surface area contributed by atoms with Gasteiger partial charge in [0.25, 0.3) is 0 Å². The van der Waals surface area contributed by atoms with Gasteiger partial charge in [0.2, 0.25) is 15.9 Å². The van der Waals surface area contributed by atoms with Crippen LogP contribution in [-0.2, 0) is 27.7 Å². The Bertz CT molecular complexity index is 1030. The summed E-state index contributed by atoms with van der Waals surface area (Å²) in [5, 5.41) is 4.07. The van der Waals surface area contributed by atoms with E-state index in [4.69, 9.17) is 0 Å². The molecule has 4 rings (SSSR count). The van der Waals surface area contributed by atoms with E-state index in [1.54, 1.807) is 24.3 Å². The van der Waals surface area contributed by atoms with Crippen molar-refractivity contribution in [2.45, 2.75) is 31.1 Å². The second-order valence-corrected chi connectivity index (χ2v) is 8.96. The van der Waals surface area contributed by atoms with Gasteiger partial charge in [-0.05, 0) is 60.6 Å². The highest BCUT2D eigenvalue weighted by molar-refractivity contribution is 7.89. The molecule has 0 spiro atoms. The highest BCUT2D eigenvalue weighted by Gasteiger charge is 2.25. The molecule has 1 unspecified atom stereocenters. The summed E-state index contributed by atoms with van der Waals surface area (Å²) in [6, 6.07) is 13.0. The normalized spacial score (nSPS) is 18.9. The molecule has 0 saturated heterocycles. The van der Waals surface area contributed by atoms with Gasteiger partial charge in [0, 0.05) is 6.54 Å². The number of fused-ring (bicyclic) bond motifs is 1. The van der Waals surface area contributed by atoms with Crippen LogP contribution in [0.15, 0.2) is 52.5 Å². The van der Waals surface area contributed by atoms with Gasteiger partial charge in [-0.25, -0.2) is 18.6 Å². The Labute approximate surface area is 158 Å². The summed E-state index contributed by atoms with van der Waals surface area (Å²) < 4.78 is 27.7. The number of hydrogen-bond acceptors (Lipinski definition) is 4. The van der Waals surface area contributed by atoms with Crippen LogP contribution in [-0.4, -0.2) is 26.6 Å². The Morgan fingerprint density at radius 3 is 2.56 bits per heavy atom. The van der Waals surface area contributed by atoms with Gasteiger partial charge < -0.3 is 0 Å². The molecule has 0 saturated carbocycles. The summed E-state index contributed by atoms with van der Waals surface area (Å²) in [6.07, 6.45) is 1.96. The lowest BCUT2D eigenvalue weighted by molar-refractivity contribution is -0.119. The summed E-state index contributed by atoms with van der Waals surface area (Å²) >= 11 is 0. The highest BCUT2D eigenvalue weighted by Crippen LogP contribution is 2.28.